The third-order valence-electron chi connectivity index (χ3n) is 8.13. The number of ether oxygens (including phenoxy) is 1. The molecule has 0 bridgehead atoms. The molecule has 1 aliphatic carbocycles. The lowest BCUT2D eigenvalue weighted by Crippen LogP contribution is -2.56. The van der Waals surface area contributed by atoms with Crippen LogP contribution in [0.5, 0.6) is 0 Å². The zero-order valence-corrected chi connectivity index (χ0v) is 18.8. The number of fused-ring (bicyclic) bond motifs is 1. The van der Waals surface area contributed by atoms with E-state index in [2.05, 4.69) is 12.2 Å². The third-order valence-corrected chi connectivity index (χ3v) is 8.13. The molecule has 4 atom stereocenters. The molecule has 0 unspecified atom stereocenters. The maximum absolute atomic E-state index is 13.7. The highest BCUT2D eigenvalue weighted by Crippen LogP contribution is 2.66. The molecule has 0 aromatic rings. The molecule has 1 aliphatic heterocycles. The van der Waals surface area contributed by atoms with Crippen molar-refractivity contribution in [1.82, 2.24) is 5.32 Å². The molecule has 5 nitrogen and oxygen atoms in total. The summed E-state index contributed by atoms with van der Waals surface area (Å²) in [5, 5.41) is 21.7. The Labute approximate surface area is 178 Å². The van der Waals surface area contributed by atoms with Gasteiger partial charge in [-0.15, -0.1) is 0 Å². The number of nitrogens with two attached hydrogens (primary N) is 1. The number of hydrogen-bond donors (Lipinski definition) is 3. The van der Waals surface area contributed by atoms with E-state index in [-0.39, 0.29) is 24.1 Å². The molecule has 0 aromatic carbocycles. The maximum Gasteiger partial charge on any atom is 0.500 e. The van der Waals surface area contributed by atoms with Gasteiger partial charge < -0.3 is 26.0 Å². The van der Waals surface area contributed by atoms with E-state index < -0.39 is 28.6 Å². The summed E-state index contributed by atoms with van der Waals surface area (Å²) in [5.41, 5.74) is 3.78. The quantitative estimate of drug-likeness (QED) is 0.323. The van der Waals surface area contributed by atoms with E-state index in [1.165, 1.54) is 0 Å². The Kier molecular flexibility index (Phi) is 7.60. The number of alkyl halides is 3. The molecule has 2 fully saturated rings. The Morgan fingerprint density at radius 2 is 1.77 bits per heavy atom. The van der Waals surface area contributed by atoms with Gasteiger partial charge in [-0.05, 0) is 57.5 Å². The zero-order chi connectivity index (χ0) is 22.8. The van der Waals surface area contributed by atoms with Crippen LogP contribution in [0.25, 0.3) is 0 Å². The molecule has 0 radical (unpaired) electrons. The van der Waals surface area contributed by atoms with Crippen molar-refractivity contribution in [3.8, 4) is 0 Å². The van der Waals surface area contributed by atoms with Crippen molar-refractivity contribution in [1.29, 1.82) is 0 Å². The van der Waals surface area contributed by atoms with Crippen LogP contribution in [0.15, 0.2) is 11.3 Å². The summed E-state index contributed by atoms with van der Waals surface area (Å²) >= 11 is 0. The van der Waals surface area contributed by atoms with Gasteiger partial charge in [0.25, 0.3) is 0 Å². The fourth-order valence-electron chi connectivity index (χ4n) is 5.49. The second-order valence-corrected chi connectivity index (χ2v) is 10.1. The molecule has 2 aliphatic rings. The first-order valence-corrected chi connectivity index (χ1v) is 11.0. The summed E-state index contributed by atoms with van der Waals surface area (Å²) < 4.78 is 47.1. The van der Waals surface area contributed by atoms with Gasteiger partial charge in [0.15, 0.2) is 5.79 Å². The number of aliphatic hydroxyl groups is 1. The lowest BCUT2D eigenvalue weighted by molar-refractivity contribution is -0.215. The lowest BCUT2D eigenvalue weighted by atomic mass is 9.44. The zero-order valence-electron chi connectivity index (χ0n) is 18.8. The molecule has 176 valence electrons. The standard InChI is InChI=1S/C22H39F3N2O3/c1-18-8-7-9-19(2,20(18,3)15-30-21(4,29)11-10-18)16(17(28)22(23,24)25)14-27-13-6-5-12-26/h27-29H,5-15,26H2,1-4H3/p+1/b17-16-/t18-,19+,20+,21+/m1/s1. The SMILES string of the molecule is C[C@]12CCC[C@@](C)(/C(CNCCCCN)=C(\[OH2+])C(F)(F)F)[C@@]1(C)CO[C@](C)(O)CC2. The lowest BCUT2D eigenvalue weighted by Gasteiger charge is -2.60. The molecule has 1 saturated carbocycles. The first-order chi connectivity index (χ1) is 13.7. The highest BCUT2D eigenvalue weighted by Gasteiger charge is 2.63. The van der Waals surface area contributed by atoms with E-state index in [9.17, 15) is 18.3 Å². The topological polar surface area (TPSA) is 90.4 Å². The molecule has 8 heteroatoms. The first-order valence-electron chi connectivity index (χ1n) is 11.0. The highest BCUT2D eigenvalue weighted by atomic mass is 19.4. The second kappa shape index (κ2) is 8.96. The molecule has 0 aromatic heterocycles. The molecule has 2 rings (SSSR count). The van der Waals surface area contributed by atoms with Gasteiger partial charge in [0.1, 0.15) is 0 Å². The summed E-state index contributed by atoms with van der Waals surface area (Å²) in [6.07, 6.45) is 0.195. The molecular formula is C22H40F3N2O3+. The van der Waals surface area contributed by atoms with Gasteiger partial charge in [-0.2, -0.15) is 13.2 Å². The van der Waals surface area contributed by atoms with Crippen molar-refractivity contribution < 1.29 is 28.1 Å². The van der Waals surface area contributed by atoms with Crippen LogP contribution in [-0.2, 0) is 4.74 Å². The van der Waals surface area contributed by atoms with E-state index in [1.54, 1.807) is 6.92 Å². The number of allylic oxidation sites excluding steroid dienone is 1. The van der Waals surface area contributed by atoms with Crippen molar-refractivity contribution in [3.05, 3.63) is 11.3 Å². The van der Waals surface area contributed by atoms with Crippen LogP contribution in [0.1, 0.15) is 72.6 Å². The minimum Gasteiger partial charge on any atom is -0.590 e. The smallest absolute Gasteiger partial charge is 0.500 e. The summed E-state index contributed by atoms with van der Waals surface area (Å²) in [4.78, 5) is 0. The largest absolute Gasteiger partial charge is 0.590 e. The van der Waals surface area contributed by atoms with Crippen LogP contribution in [0.4, 0.5) is 13.2 Å². The van der Waals surface area contributed by atoms with Crippen LogP contribution < -0.4 is 11.1 Å². The van der Waals surface area contributed by atoms with E-state index in [0.717, 1.165) is 25.7 Å². The number of halogens is 3. The van der Waals surface area contributed by atoms with E-state index in [4.69, 9.17) is 15.6 Å². The van der Waals surface area contributed by atoms with Gasteiger partial charge in [0.05, 0.1) is 12.2 Å². The number of rotatable bonds is 7. The van der Waals surface area contributed by atoms with Crippen LogP contribution >= 0.6 is 0 Å². The van der Waals surface area contributed by atoms with Gasteiger partial charge in [0.2, 0.25) is 0 Å². The van der Waals surface area contributed by atoms with Crippen molar-refractivity contribution in [3.63, 3.8) is 0 Å². The molecular weight excluding hydrogens is 397 g/mol. The molecule has 1 heterocycles. The first kappa shape index (κ1) is 25.4. The minimum absolute atomic E-state index is 0.0154. The van der Waals surface area contributed by atoms with Gasteiger partial charge in [-0.3, -0.25) is 0 Å². The van der Waals surface area contributed by atoms with Crippen molar-refractivity contribution in [2.24, 2.45) is 22.0 Å². The van der Waals surface area contributed by atoms with E-state index in [1.807, 2.05) is 13.8 Å². The summed E-state index contributed by atoms with van der Waals surface area (Å²) in [7, 11) is 0. The molecule has 0 spiro atoms. The second-order valence-electron chi connectivity index (χ2n) is 10.1. The fourth-order valence-corrected chi connectivity index (χ4v) is 5.49. The van der Waals surface area contributed by atoms with Crippen LogP contribution in [0.3, 0.4) is 0 Å². The van der Waals surface area contributed by atoms with Crippen molar-refractivity contribution in [2.45, 2.75) is 84.6 Å². The third kappa shape index (κ3) is 4.81. The molecule has 0 amide bonds. The Balaban J connectivity index is 2.48. The Hall–Kier alpha value is -0.830. The van der Waals surface area contributed by atoms with Gasteiger partial charge in [-0.1, -0.05) is 27.2 Å². The maximum atomic E-state index is 13.7. The predicted molar refractivity (Wildman–Crippen MR) is 112 cm³/mol. The van der Waals surface area contributed by atoms with Gasteiger partial charge >= 0.3 is 11.9 Å². The van der Waals surface area contributed by atoms with Gasteiger partial charge in [0, 0.05) is 23.8 Å². The molecule has 30 heavy (non-hydrogen) atoms. The van der Waals surface area contributed by atoms with Gasteiger partial charge in [-0.25, -0.2) is 0 Å². The fraction of sp³-hybridized carbons (Fsp3) is 0.909. The predicted octanol–water partition coefficient (Wildman–Crippen LogP) is 3.58. The van der Waals surface area contributed by atoms with Crippen molar-refractivity contribution >= 4 is 0 Å². The monoisotopic (exact) mass is 437 g/mol. The summed E-state index contributed by atoms with van der Waals surface area (Å²) in [6.45, 7) is 8.87. The average Bonchev–Trinajstić information content (AvgIpc) is 2.74. The Bertz CT molecular complexity index is 638. The van der Waals surface area contributed by atoms with Crippen LogP contribution in [0.2, 0.25) is 0 Å². The molecule has 6 N–H and O–H groups in total. The van der Waals surface area contributed by atoms with Crippen LogP contribution in [0, 0.1) is 16.2 Å². The normalized spacial score (nSPS) is 38.6. The number of unbranched alkanes of at least 4 members (excludes halogenated alkanes) is 1. The van der Waals surface area contributed by atoms with Crippen molar-refractivity contribution in [2.75, 3.05) is 26.2 Å². The average molecular weight is 438 g/mol. The Morgan fingerprint density at radius 3 is 2.37 bits per heavy atom. The summed E-state index contributed by atoms with van der Waals surface area (Å²) in [5.74, 6) is -2.54. The highest BCUT2D eigenvalue weighted by molar-refractivity contribution is 5.28. The molecule has 1 saturated heterocycles. The Morgan fingerprint density at radius 1 is 1.10 bits per heavy atom. The van der Waals surface area contributed by atoms with E-state index >= 15 is 0 Å². The number of hydrogen-bond acceptors (Lipinski definition) is 4. The van der Waals surface area contributed by atoms with Crippen LogP contribution in [-0.4, -0.2) is 48.4 Å². The van der Waals surface area contributed by atoms with E-state index in [0.29, 0.717) is 32.4 Å². The minimum atomic E-state index is -4.71. The number of nitrogens with one attached hydrogen (secondary N) is 1. The summed E-state index contributed by atoms with van der Waals surface area (Å²) in [6, 6.07) is 0.